The summed E-state index contributed by atoms with van der Waals surface area (Å²) in [6.45, 7) is 2.89. The van der Waals surface area contributed by atoms with Gasteiger partial charge < -0.3 is 25.5 Å². The van der Waals surface area contributed by atoms with Crippen molar-refractivity contribution in [3.05, 3.63) is 28.4 Å². The van der Waals surface area contributed by atoms with Crippen LogP contribution in [0.15, 0.2) is 18.3 Å². The lowest BCUT2D eigenvalue weighted by Gasteiger charge is -2.38. The molecule has 1 aliphatic rings. The number of carbonyl (C=O) groups is 1. The van der Waals surface area contributed by atoms with Gasteiger partial charge in [0.2, 0.25) is 0 Å². The third-order valence-electron chi connectivity index (χ3n) is 3.45. The number of nitro groups is 1. The fourth-order valence-corrected chi connectivity index (χ4v) is 2.34. The number of ether oxygens (including phenoxy) is 1. The number of primary amides is 1. The molecule has 2 heterocycles. The Hall–Kier alpha value is -2.38. The lowest BCUT2D eigenvalue weighted by Crippen LogP contribution is -2.46. The maximum absolute atomic E-state index is 11.0. The van der Waals surface area contributed by atoms with Gasteiger partial charge in [0, 0.05) is 25.9 Å². The standard InChI is InChI=1S/C12H16N4O4/c1-12(20-11(13)17)4-7-15(8-5-12)9-3-2-6-14-10(9)16(18)19/h2-3,6H,4-5,7-8H2,1H3,(H2,13,17). The number of pyridine rings is 1. The summed E-state index contributed by atoms with van der Waals surface area (Å²) in [6, 6.07) is 3.33. The van der Waals surface area contributed by atoms with E-state index in [2.05, 4.69) is 4.98 Å². The van der Waals surface area contributed by atoms with Gasteiger partial charge in [-0.2, -0.15) is 0 Å². The average molecular weight is 280 g/mol. The van der Waals surface area contributed by atoms with Gasteiger partial charge in [0.1, 0.15) is 17.5 Å². The molecule has 0 radical (unpaired) electrons. The molecule has 0 bridgehead atoms. The highest BCUT2D eigenvalue weighted by atomic mass is 16.6. The summed E-state index contributed by atoms with van der Waals surface area (Å²) >= 11 is 0. The third-order valence-corrected chi connectivity index (χ3v) is 3.45. The third kappa shape index (κ3) is 2.95. The molecule has 0 atom stereocenters. The normalized spacial score (nSPS) is 17.6. The van der Waals surface area contributed by atoms with Gasteiger partial charge in [-0.3, -0.25) is 0 Å². The van der Waals surface area contributed by atoms with E-state index in [9.17, 15) is 14.9 Å². The van der Waals surface area contributed by atoms with E-state index in [0.29, 0.717) is 31.6 Å². The quantitative estimate of drug-likeness (QED) is 0.662. The summed E-state index contributed by atoms with van der Waals surface area (Å²) in [7, 11) is 0. The zero-order valence-corrected chi connectivity index (χ0v) is 11.1. The fourth-order valence-electron chi connectivity index (χ4n) is 2.34. The number of piperidine rings is 1. The fraction of sp³-hybridized carbons (Fsp3) is 0.500. The highest BCUT2D eigenvalue weighted by Gasteiger charge is 2.35. The predicted molar refractivity (Wildman–Crippen MR) is 71.4 cm³/mol. The summed E-state index contributed by atoms with van der Waals surface area (Å²) < 4.78 is 5.10. The van der Waals surface area contributed by atoms with Crippen molar-refractivity contribution in [1.29, 1.82) is 0 Å². The van der Waals surface area contributed by atoms with Crippen molar-refractivity contribution >= 4 is 17.6 Å². The first-order valence-electron chi connectivity index (χ1n) is 6.24. The van der Waals surface area contributed by atoms with Crippen molar-refractivity contribution in [1.82, 2.24) is 4.98 Å². The number of rotatable bonds is 3. The molecular weight excluding hydrogens is 264 g/mol. The minimum Gasteiger partial charge on any atom is -0.443 e. The summed E-state index contributed by atoms with van der Waals surface area (Å²) in [5.41, 5.74) is 4.92. The van der Waals surface area contributed by atoms with E-state index in [1.807, 2.05) is 11.8 Å². The number of carbonyl (C=O) groups excluding carboxylic acids is 1. The van der Waals surface area contributed by atoms with E-state index >= 15 is 0 Å². The molecule has 2 rings (SSSR count). The van der Waals surface area contributed by atoms with Crippen LogP contribution in [0.25, 0.3) is 0 Å². The van der Waals surface area contributed by atoms with Crippen LogP contribution >= 0.6 is 0 Å². The number of nitrogens with two attached hydrogens (primary N) is 1. The Bertz CT molecular complexity index is 526. The zero-order chi connectivity index (χ0) is 14.8. The minimum absolute atomic E-state index is 0.160. The molecular formula is C12H16N4O4. The highest BCUT2D eigenvalue weighted by molar-refractivity contribution is 5.65. The number of amides is 1. The Morgan fingerprint density at radius 1 is 1.55 bits per heavy atom. The largest absolute Gasteiger partial charge is 0.443 e. The Morgan fingerprint density at radius 3 is 2.75 bits per heavy atom. The monoisotopic (exact) mass is 280 g/mol. The molecule has 1 aromatic rings. The lowest BCUT2D eigenvalue weighted by atomic mass is 9.93. The first-order valence-corrected chi connectivity index (χ1v) is 6.24. The van der Waals surface area contributed by atoms with Gasteiger partial charge in [-0.25, -0.2) is 4.79 Å². The van der Waals surface area contributed by atoms with Crippen LogP contribution in [-0.2, 0) is 4.74 Å². The molecule has 1 aromatic heterocycles. The molecule has 0 spiro atoms. The van der Waals surface area contributed by atoms with Crippen molar-refractivity contribution < 1.29 is 14.5 Å². The molecule has 1 fully saturated rings. The Morgan fingerprint density at radius 2 is 2.20 bits per heavy atom. The zero-order valence-electron chi connectivity index (χ0n) is 11.1. The van der Waals surface area contributed by atoms with Crippen LogP contribution in [-0.4, -0.2) is 34.7 Å². The first-order chi connectivity index (χ1) is 9.41. The molecule has 108 valence electrons. The van der Waals surface area contributed by atoms with Crippen LogP contribution < -0.4 is 10.6 Å². The van der Waals surface area contributed by atoms with Gasteiger partial charge in [-0.15, -0.1) is 0 Å². The topological polar surface area (TPSA) is 112 Å². The lowest BCUT2D eigenvalue weighted by molar-refractivity contribution is -0.388. The predicted octanol–water partition coefficient (Wildman–Crippen LogP) is 1.44. The van der Waals surface area contributed by atoms with Gasteiger partial charge in [0.05, 0.1) is 0 Å². The highest BCUT2D eigenvalue weighted by Crippen LogP contribution is 2.32. The molecule has 0 unspecified atom stereocenters. The SMILES string of the molecule is CC1(OC(N)=O)CCN(c2cccnc2[N+](=O)[O-])CC1. The first kappa shape index (κ1) is 14.0. The molecule has 8 heteroatoms. The molecule has 1 aliphatic heterocycles. The van der Waals surface area contributed by atoms with E-state index in [-0.39, 0.29) is 5.82 Å². The van der Waals surface area contributed by atoms with Gasteiger partial charge in [-0.1, -0.05) is 0 Å². The molecule has 1 amide bonds. The number of nitrogens with zero attached hydrogens (tertiary/aromatic N) is 3. The van der Waals surface area contributed by atoms with Gasteiger partial charge in [0.15, 0.2) is 0 Å². The van der Waals surface area contributed by atoms with E-state index in [4.69, 9.17) is 10.5 Å². The van der Waals surface area contributed by atoms with Crippen LogP contribution in [0.4, 0.5) is 16.3 Å². The average Bonchev–Trinajstić information content (AvgIpc) is 2.38. The Labute approximate surface area is 115 Å². The van der Waals surface area contributed by atoms with E-state index in [0.717, 1.165) is 0 Å². The Kier molecular flexibility index (Phi) is 3.73. The van der Waals surface area contributed by atoms with E-state index in [1.165, 1.54) is 6.20 Å². The summed E-state index contributed by atoms with van der Waals surface area (Å²) in [5, 5.41) is 11.0. The molecule has 20 heavy (non-hydrogen) atoms. The molecule has 8 nitrogen and oxygen atoms in total. The number of aromatic nitrogens is 1. The number of anilines is 1. The Balaban J connectivity index is 2.11. The molecule has 0 aromatic carbocycles. The summed E-state index contributed by atoms with van der Waals surface area (Å²) in [6.07, 6.45) is 1.71. The summed E-state index contributed by atoms with van der Waals surface area (Å²) in [4.78, 5) is 27.0. The second-order valence-electron chi connectivity index (χ2n) is 4.96. The van der Waals surface area contributed by atoms with E-state index in [1.54, 1.807) is 12.1 Å². The van der Waals surface area contributed by atoms with Crippen molar-refractivity contribution in [2.24, 2.45) is 5.73 Å². The second kappa shape index (κ2) is 5.32. The molecule has 2 N–H and O–H groups in total. The van der Waals surface area contributed by atoms with Crippen LogP contribution in [0.2, 0.25) is 0 Å². The summed E-state index contributed by atoms with van der Waals surface area (Å²) in [5.74, 6) is -0.160. The van der Waals surface area contributed by atoms with Gasteiger partial charge >= 0.3 is 11.9 Å². The number of hydrogen-bond donors (Lipinski definition) is 1. The maximum atomic E-state index is 11.0. The van der Waals surface area contributed by atoms with E-state index < -0.39 is 16.6 Å². The van der Waals surface area contributed by atoms with Crippen molar-refractivity contribution in [2.75, 3.05) is 18.0 Å². The van der Waals surface area contributed by atoms with Crippen LogP contribution in [0, 0.1) is 10.1 Å². The van der Waals surface area contributed by atoms with Crippen LogP contribution in [0.5, 0.6) is 0 Å². The van der Waals surface area contributed by atoms with Gasteiger partial charge in [0.25, 0.3) is 0 Å². The van der Waals surface area contributed by atoms with Crippen molar-refractivity contribution in [3.8, 4) is 0 Å². The minimum atomic E-state index is -0.798. The second-order valence-corrected chi connectivity index (χ2v) is 4.96. The van der Waals surface area contributed by atoms with Crippen molar-refractivity contribution in [2.45, 2.75) is 25.4 Å². The molecule has 0 saturated carbocycles. The van der Waals surface area contributed by atoms with Crippen LogP contribution in [0.3, 0.4) is 0 Å². The van der Waals surface area contributed by atoms with Crippen molar-refractivity contribution in [3.63, 3.8) is 0 Å². The van der Waals surface area contributed by atoms with Gasteiger partial charge in [-0.05, 0) is 29.0 Å². The number of hydrogen-bond acceptors (Lipinski definition) is 6. The smallest absolute Gasteiger partial charge is 0.405 e. The molecule has 0 aliphatic carbocycles. The maximum Gasteiger partial charge on any atom is 0.405 e. The van der Waals surface area contributed by atoms with Crippen LogP contribution in [0.1, 0.15) is 19.8 Å². The molecule has 1 saturated heterocycles.